The van der Waals surface area contributed by atoms with Crippen molar-refractivity contribution in [1.29, 1.82) is 0 Å². The molecule has 2 nitrogen and oxygen atoms in total. The van der Waals surface area contributed by atoms with Crippen LogP contribution in [0.4, 0.5) is 0 Å². The molecule has 0 spiro atoms. The molecule has 1 atom stereocenters. The van der Waals surface area contributed by atoms with Gasteiger partial charge in [-0.3, -0.25) is 0 Å². The van der Waals surface area contributed by atoms with Gasteiger partial charge in [-0.15, -0.1) is 0 Å². The molecule has 0 amide bonds. The quantitative estimate of drug-likeness (QED) is 0.757. The summed E-state index contributed by atoms with van der Waals surface area (Å²) in [6.45, 7) is 6.74. The molecule has 0 aliphatic rings. The number of hydrogen-bond acceptors (Lipinski definition) is 1. The first-order chi connectivity index (χ1) is 8.68. The zero-order valence-corrected chi connectivity index (χ0v) is 12.8. The maximum atomic E-state index is 6.78. The molecule has 0 aromatic heterocycles. The minimum Gasteiger partial charge on any atom is -0.412 e. The Balaban J connectivity index is 0.00000324. The highest BCUT2D eigenvalue weighted by Gasteiger charge is 2.33. The van der Waals surface area contributed by atoms with Gasteiger partial charge >= 0.3 is 0 Å². The summed E-state index contributed by atoms with van der Waals surface area (Å²) in [6, 6.07) is 10.8. The third kappa shape index (κ3) is 4.96. The van der Waals surface area contributed by atoms with Crippen molar-refractivity contribution in [3.63, 3.8) is 0 Å². The van der Waals surface area contributed by atoms with Gasteiger partial charge < -0.3 is 11.2 Å². The molecule has 0 radical (unpaired) electrons. The van der Waals surface area contributed by atoms with Crippen LogP contribution in [-0.2, 0) is 0 Å². The van der Waals surface area contributed by atoms with Gasteiger partial charge in [0.05, 0.1) is 0 Å². The third-order valence-corrected chi connectivity index (χ3v) is 3.90. The van der Waals surface area contributed by atoms with E-state index in [1.54, 1.807) is 0 Å². The Morgan fingerprint density at radius 2 is 1.47 bits per heavy atom. The van der Waals surface area contributed by atoms with Crippen molar-refractivity contribution in [3.05, 3.63) is 35.9 Å². The summed E-state index contributed by atoms with van der Waals surface area (Å²) >= 11 is 0. The summed E-state index contributed by atoms with van der Waals surface area (Å²) in [5, 5.41) is 0. The van der Waals surface area contributed by atoms with E-state index in [0.29, 0.717) is 5.92 Å². The van der Waals surface area contributed by atoms with E-state index in [-0.39, 0.29) is 11.0 Å². The predicted molar refractivity (Wildman–Crippen MR) is 84.4 cm³/mol. The van der Waals surface area contributed by atoms with E-state index < -0.39 is 0 Å². The van der Waals surface area contributed by atoms with Crippen molar-refractivity contribution in [3.8, 4) is 0 Å². The molecular formula is C17H31NO. The Labute approximate surface area is 118 Å². The molecule has 0 saturated heterocycles. The summed E-state index contributed by atoms with van der Waals surface area (Å²) < 4.78 is 0. The van der Waals surface area contributed by atoms with Gasteiger partial charge in [-0.05, 0) is 24.8 Å². The van der Waals surface area contributed by atoms with Gasteiger partial charge in [-0.25, -0.2) is 0 Å². The van der Waals surface area contributed by atoms with Crippen molar-refractivity contribution in [2.45, 2.75) is 70.8 Å². The first-order valence-corrected chi connectivity index (χ1v) is 7.51. The summed E-state index contributed by atoms with van der Waals surface area (Å²) in [7, 11) is 0. The molecule has 19 heavy (non-hydrogen) atoms. The van der Waals surface area contributed by atoms with Crippen LogP contribution < -0.4 is 5.73 Å². The van der Waals surface area contributed by atoms with Crippen LogP contribution in [0.3, 0.4) is 0 Å². The van der Waals surface area contributed by atoms with E-state index in [9.17, 15) is 0 Å². The fourth-order valence-corrected chi connectivity index (χ4v) is 3.16. The number of benzene rings is 1. The number of nitrogens with two attached hydrogens (primary N) is 1. The minimum atomic E-state index is -0.0269. The van der Waals surface area contributed by atoms with E-state index in [1.807, 2.05) is 0 Å². The maximum Gasteiger partial charge on any atom is 0.0223 e. The Bertz CT molecular complexity index is 317. The minimum absolute atomic E-state index is 0. The van der Waals surface area contributed by atoms with Gasteiger partial charge in [0.25, 0.3) is 0 Å². The topological polar surface area (TPSA) is 57.5 Å². The van der Waals surface area contributed by atoms with Crippen molar-refractivity contribution < 1.29 is 5.48 Å². The average Bonchev–Trinajstić information content (AvgIpc) is 2.37. The van der Waals surface area contributed by atoms with Gasteiger partial charge in [0.15, 0.2) is 0 Å². The van der Waals surface area contributed by atoms with Crippen LogP contribution in [0.5, 0.6) is 0 Å². The smallest absolute Gasteiger partial charge is 0.0223 e. The lowest BCUT2D eigenvalue weighted by Crippen LogP contribution is -2.45. The van der Waals surface area contributed by atoms with Gasteiger partial charge in [0.1, 0.15) is 0 Å². The highest BCUT2D eigenvalue weighted by atomic mass is 16.0. The summed E-state index contributed by atoms with van der Waals surface area (Å²) in [6.07, 6.45) is 6.99. The van der Waals surface area contributed by atoms with E-state index in [0.717, 1.165) is 12.8 Å². The number of hydrogen-bond donors (Lipinski definition) is 1. The molecule has 0 fully saturated rings. The maximum absolute atomic E-state index is 6.78. The van der Waals surface area contributed by atoms with Crippen molar-refractivity contribution >= 4 is 0 Å². The fourth-order valence-electron chi connectivity index (χ4n) is 3.16. The lowest BCUT2D eigenvalue weighted by Gasteiger charge is -2.38. The van der Waals surface area contributed by atoms with Crippen molar-refractivity contribution in [2.24, 2.45) is 5.73 Å². The highest BCUT2D eigenvalue weighted by Crippen LogP contribution is 2.37. The first kappa shape index (κ1) is 18.1. The largest absolute Gasteiger partial charge is 0.412 e. The first-order valence-electron chi connectivity index (χ1n) is 7.51. The lowest BCUT2D eigenvalue weighted by molar-refractivity contribution is 0.279. The Morgan fingerprint density at radius 1 is 0.947 bits per heavy atom. The van der Waals surface area contributed by atoms with E-state index >= 15 is 0 Å². The monoisotopic (exact) mass is 265 g/mol. The third-order valence-electron chi connectivity index (χ3n) is 3.90. The normalized spacial score (nSPS) is 12.8. The molecule has 0 bridgehead atoms. The molecular weight excluding hydrogens is 234 g/mol. The molecule has 1 aromatic carbocycles. The van der Waals surface area contributed by atoms with E-state index in [1.165, 1.54) is 31.2 Å². The standard InChI is InChI=1S/C17H29N.H2O/c1-4-10-16(15-11-8-7-9-12-15)17(18,13-5-2)14-6-3;/h7-9,11-12,16H,4-6,10,13-14,18H2,1-3H3;1H2. The molecule has 1 rings (SSSR count). The molecule has 4 N–H and O–H groups in total. The second-order valence-corrected chi connectivity index (χ2v) is 5.49. The van der Waals surface area contributed by atoms with Gasteiger partial charge in [-0.2, -0.15) is 0 Å². The second kappa shape index (κ2) is 9.11. The van der Waals surface area contributed by atoms with Crippen LogP contribution in [0.15, 0.2) is 30.3 Å². The van der Waals surface area contributed by atoms with Crippen molar-refractivity contribution in [2.75, 3.05) is 0 Å². The zero-order valence-electron chi connectivity index (χ0n) is 12.8. The van der Waals surface area contributed by atoms with Crippen LogP contribution in [0.1, 0.15) is 70.8 Å². The summed E-state index contributed by atoms with van der Waals surface area (Å²) in [5.41, 5.74) is 8.17. The molecule has 110 valence electrons. The predicted octanol–water partition coefficient (Wildman–Crippen LogP) is 4.04. The zero-order chi connectivity index (χ0) is 13.4. The summed E-state index contributed by atoms with van der Waals surface area (Å²) in [4.78, 5) is 0. The van der Waals surface area contributed by atoms with Gasteiger partial charge in [-0.1, -0.05) is 70.4 Å². The second-order valence-electron chi connectivity index (χ2n) is 5.49. The lowest BCUT2D eigenvalue weighted by atomic mass is 9.72. The van der Waals surface area contributed by atoms with Crippen LogP contribution in [0.2, 0.25) is 0 Å². The molecule has 2 heteroatoms. The molecule has 1 unspecified atom stereocenters. The van der Waals surface area contributed by atoms with E-state index in [2.05, 4.69) is 51.1 Å². The molecule has 0 heterocycles. The van der Waals surface area contributed by atoms with Crippen LogP contribution in [-0.4, -0.2) is 11.0 Å². The van der Waals surface area contributed by atoms with Crippen molar-refractivity contribution in [1.82, 2.24) is 0 Å². The van der Waals surface area contributed by atoms with Gasteiger partial charge in [0.2, 0.25) is 0 Å². The average molecular weight is 265 g/mol. The number of rotatable bonds is 8. The SMILES string of the molecule is CCCC(c1ccccc1)C(N)(CCC)CCC.O. The Hall–Kier alpha value is -0.860. The highest BCUT2D eigenvalue weighted by molar-refractivity contribution is 5.24. The Kier molecular flexibility index (Phi) is 8.70. The van der Waals surface area contributed by atoms with Crippen LogP contribution in [0, 0.1) is 0 Å². The van der Waals surface area contributed by atoms with E-state index in [4.69, 9.17) is 5.73 Å². The van der Waals surface area contributed by atoms with Gasteiger partial charge in [0, 0.05) is 11.5 Å². The Morgan fingerprint density at radius 3 is 1.89 bits per heavy atom. The summed E-state index contributed by atoms with van der Waals surface area (Å²) in [5.74, 6) is 0.503. The van der Waals surface area contributed by atoms with Crippen LogP contribution >= 0.6 is 0 Å². The molecule has 0 aliphatic carbocycles. The molecule has 0 aliphatic heterocycles. The molecule has 0 saturated carbocycles. The fraction of sp³-hybridized carbons (Fsp3) is 0.647. The van der Waals surface area contributed by atoms with Crippen LogP contribution in [0.25, 0.3) is 0 Å². The molecule has 1 aromatic rings.